The Morgan fingerprint density at radius 1 is 1.05 bits per heavy atom. The standard InChI is InChI=1S/C30H26ClN3O2S/c1-5-26-27(20-11-9-17(2)10-12-20)33-30(37-26)34-28(35)23-16-21-15-22(31)13-14-25(21)36-29(23)32-24-8-6-7-18(3)19(24)4/h6-16H,5H2,1-4H3,(H,33,34,35). The van der Waals surface area contributed by atoms with E-state index >= 15 is 0 Å². The summed E-state index contributed by atoms with van der Waals surface area (Å²) in [4.78, 5) is 24.2. The molecule has 0 saturated carbocycles. The van der Waals surface area contributed by atoms with Gasteiger partial charge in [0.1, 0.15) is 11.1 Å². The molecule has 0 radical (unpaired) electrons. The summed E-state index contributed by atoms with van der Waals surface area (Å²) in [7, 11) is 0. The SMILES string of the molecule is CCc1sc(NC(=O)c2cc3cc(Cl)ccc3oc2=Nc2cccc(C)c2C)nc1-c1ccc(C)cc1. The fourth-order valence-electron chi connectivity index (χ4n) is 4.06. The van der Waals surface area contributed by atoms with Gasteiger partial charge in [-0.3, -0.25) is 10.1 Å². The third-order valence-electron chi connectivity index (χ3n) is 6.32. The number of anilines is 1. The summed E-state index contributed by atoms with van der Waals surface area (Å²) in [6.45, 7) is 8.17. The number of carbonyl (C=O) groups is 1. The van der Waals surface area contributed by atoms with Crippen molar-refractivity contribution in [3.63, 3.8) is 0 Å². The third kappa shape index (κ3) is 5.22. The van der Waals surface area contributed by atoms with Crippen LogP contribution in [0.2, 0.25) is 5.02 Å². The highest BCUT2D eigenvalue weighted by atomic mass is 35.5. The van der Waals surface area contributed by atoms with Crippen LogP contribution in [0.15, 0.2) is 76.1 Å². The number of fused-ring (bicyclic) bond motifs is 1. The Labute approximate surface area is 224 Å². The zero-order valence-corrected chi connectivity index (χ0v) is 22.6. The number of aromatic nitrogens is 1. The Bertz CT molecular complexity index is 1700. The molecular formula is C30H26ClN3O2S. The minimum absolute atomic E-state index is 0.229. The molecule has 5 rings (SSSR count). The molecule has 0 unspecified atom stereocenters. The van der Waals surface area contributed by atoms with Crippen LogP contribution in [-0.4, -0.2) is 10.9 Å². The lowest BCUT2D eigenvalue weighted by molar-refractivity contribution is 0.102. The van der Waals surface area contributed by atoms with Crippen LogP contribution in [0.3, 0.4) is 0 Å². The minimum Gasteiger partial charge on any atom is -0.438 e. The number of benzene rings is 3. The van der Waals surface area contributed by atoms with E-state index < -0.39 is 0 Å². The van der Waals surface area contributed by atoms with Gasteiger partial charge in [-0.05, 0) is 68.7 Å². The number of nitrogens with zero attached hydrogens (tertiary/aromatic N) is 2. The number of hydrogen-bond acceptors (Lipinski definition) is 5. The van der Waals surface area contributed by atoms with E-state index in [4.69, 9.17) is 26.0 Å². The third-order valence-corrected chi connectivity index (χ3v) is 7.67. The van der Waals surface area contributed by atoms with E-state index in [1.807, 2.05) is 32.0 Å². The Morgan fingerprint density at radius 2 is 1.84 bits per heavy atom. The second-order valence-corrected chi connectivity index (χ2v) is 10.5. The van der Waals surface area contributed by atoms with Crippen molar-refractivity contribution in [1.82, 2.24) is 4.98 Å². The first-order valence-corrected chi connectivity index (χ1v) is 13.2. The predicted octanol–water partition coefficient (Wildman–Crippen LogP) is 8.18. The fourth-order valence-corrected chi connectivity index (χ4v) is 5.16. The molecule has 7 heteroatoms. The number of carbonyl (C=O) groups excluding carboxylic acids is 1. The summed E-state index contributed by atoms with van der Waals surface area (Å²) in [5.41, 5.74) is 7.11. The molecule has 0 aliphatic carbocycles. The van der Waals surface area contributed by atoms with E-state index in [-0.39, 0.29) is 11.5 Å². The van der Waals surface area contributed by atoms with Gasteiger partial charge in [0.15, 0.2) is 5.13 Å². The molecule has 0 fully saturated rings. The van der Waals surface area contributed by atoms with E-state index in [1.165, 1.54) is 16.9 Å². The average molecular weight is 528 g/mol. The molecule has 0 aliphatic rings. The van der Waals surface area contributed by atoms with Gasteiger partial charge in [0.25, 0.3) is 5.91 Å². The van der Waals surface area contributed by atoms with Gasteiger partial charge in [-0.25, -0.2) is 9.98 Å². The van der Waals surface area contributed by atoms with Gasteiger partial charge in [-0.2, -0.15) is 0 Å². The molecule has 3 aromatic carbocycles. The fraction of sp³-hybridized carbons (Fsp3) is 0.167. The zero-order chi connectivity index (χ0) is 26.1. The van der Waals surface area contributed by atoms with Gasteiger partial charge in [-0.15, -0.1) is 11.3 Å². The van der Waals surface area contributed by atoms with Crippen molar-refractivity contribution in [3.05, 3.63) is 104 Å². The molecule has 0 aliphatic heterocycles. The van der Waals surface area contributed by atoms with E-state index in [2.05, 4.69) is 43.4 Å². The van der Waals surface area contributed by atoms with Crippen molar-refractivity contribution in [2.45, 2.75) is 34.1 Å². The van der Waals surface area contributed by atoms with Crippen LogP contribution in [0.1, 0.15) is 38.8 Å². The van der Waals surface area contributed by atoms with Crippen LogP contribution in [0.25, 0.3) is 22.2 Å². The van der Waals surface area contributed by atoms with E-state index in [0.717, 1.165) is 39.4 Å². The summed E-state index contributed by atoms with van der Waals surface area (Å²) in [6, 6.07) is 21.2. The van der Waals surface area contributed by atoms with Gasteiger partial charge < -0.3 is 4.42 Å². The highest BCUT2D eigenvalue weighted by Crippen LogP contribution is 2.32. The van der Waals surface area contributed by atoms with Crippen LogP contribution in [-0.2, 0) is 6.42 Å². The van der Waals surface area contributed by atoms with Crippen LogP contribution >= 0.6 is 22.9 Å². The highest BCUT2D eigenvalue weighted by molar-refractivity contribution is 7.16. The monoisotopic (exact) mass is 527 g/mol. The molecule has 5 aromatic rings. The lowest BCUT2D eigenvalue weighted by atomic mass is 10.1. The highest BCUT2D eigenvalue weighted by Gasteiger charge is 2.18. The Balaban J connectivity index is 1.59. The van der Waals surface area contributed by atoms with Crippen molar-refractivity contribution in [2.75, 3.05) is 5.32 Å². The predicted molar refractivity (Wildman–Crippen MR) is 152 cm³/mol. The van der Waals surface area contributed by atoms with Crippen molar-refractivity contribution < 1.29 is 9.21 Å². The summed E-state index contributed by atoms with van der Waals surface area (Å²) >= 11 is 7.69. The van der Waals surface area contributed by atoms with Gasteiger partial charge in [0.05, 0.1) is 11.4 Å². The van der Waals surface area contributed by atoms with Crippen molar-refractivity contribution in [3.8, 4) is 11.3 Å². The molecule has 2 heterocycles. The van der Waals surface area contributed by atoms with Crippen molar-refractivity contribution in [1.29, 1.82) is 0 Å². The van der Waals surface area contributed by atoms with Crippen LogP contribution < -0.4 is 10.9 Å². The van der Waals surface area contributed by atoms with Crippen molar-refractivity contribution >= 4 is 50.6 Å². The second kappa shape index (κ2) is 10.3. The zero-order valence-electron chi connectivity index (χ0n) is 21.1. The van der Waals surface area contributed by atoms with Gasteiger partial charge >= 0.3 is 0 Å². The molecule has 0 bridgehead atoms. The van der Waals surface area contributed by atoms with Crippen LogP contribution in [0.4, 0.5) is 10.8 Å². The smallest absolute Gasteiger partial charge is 0.262 e. The number of aryl methyl sites for hydroxylation is 3. The van der Waals surface area contributed by atoms with E-state index in [1.54, 1.807) is 24.3 Å². The number of thiazole rings is 1. The van der Waals surface area contributed by atoms with Crippen LogP contribution in [0, 0.1) is 20.8 Å². The molecule has 1 amide bonds. The molecule has 5 nitrogen and oxygen atoms in total. The topological polar surface area (TPSA) is 67.5 Å². The largest absolute Gasteiger partial charge is 0.438 e. The van der Waals surface area contributed by atoms with Gasteiger partial charge in [-0.1, -0.05) is 60.5 Å². The van der Waals surface area contributed by atoms with E-state index in [9.17, 15) is 4.79 Å². The number of rotatable bonds is 5. The molecule has 0 saturated heterocycles. The molecule has 0 atom stereocenters. The average Bonchev–Trinajstić information content (AvgIpc) is 3.29. The van der Waals surface area contributed by atoms with Crippen LogP contribution in [0.5, 0.6) is 0 Å². The summed E-state index contributed by atoms with van der Waals surface area (Å²) < 4.78 is 6.13. The summed E-state index contributed by atoms with van der Waals surface area (Å²) in [5.74, 6) is -0.346. The molecule has 1 N–H and O–H groups in total. The minimum atomic E-state index is -0.346. The molecule has 2 aromatic heterocycles. The molecule has 0 spiro atoms. The summed E-state index contributed by atoms with van der Waals surface area (Å²) in [5, 5.41) is 4.78. The number of nitrogens with one attached hydrogen (secondary N) is 1. The van der Waals surface area contributed by atoms with Gasteiger partial charge in [0, 0.05) is 20.8 Å². The lowest BCUT2D eigenvalue weighted by Gasteiger charge is -2.07. The quantitative estimate of drug-likeness (QED) is 0.250. The number of halogens is 1. The maximum absolute atomic E-state index is 13.6. The Kier molecular flexibility index (Phi) is 6.96. The molecular weight excluding hydrogens is 502 g/mol. The van der Waals surface area contributed by atoms with Gasteiger partial charge in [0.2, 0.25) is 5.55 Å². The number of amides is 1. The normalized spacial score (nSPS) is 11.8. The Hall–Kier alpha value is -3.74. The van der Waals surface area contributed by atoms with Crippen molar-refractivity contribution in [2.24, 2.45) is 4.99 Å². The Morgan fingerprint density at radius 3 is 2.59 bits per heavy atom. The maximum atomic E-state index is 13.6. The molecule has 37 heavy (non-hydrogen) atoms. The first kappa shape index (κ1) is 24.9. The first-order valence-electron chi connectivity index (χ1n) is 12.0. The number of hydrogen-bond donors (Lipinski definition) is 1. The summed E-state index contributed by atoms with van der Waals surface area (Å²) in [6.07, 6.45) is 0.813. The van der Waals surface area contributed by atoms with E-state index in [0.29, 0.717) is 26.7 Å². The second-order valence-electron chi connectivity index (χ2n) is 8.94. The first-order chi connectivity index (χ1) is 17.8. The molecule has 186 valence electrons. The maximum Gasteiger partial charge on any atom is 0.262 e. The lowest BCUT2D eigenvalue weighted by Crippen LogP contribution is -2.21.